The molecule has 1 saturated heterocycles. The van der Waals surface area contributed by atoms with E-state index in [1.165, 1.54) is 24.4 Å². The van der Waals surface area contributed by atoms with Gasteiger partial charge in [-0.2, -0.15) is 13.2 Å². The molecule has 0 radical (unpaired) electrons. The maximum Gasteiger partial charge on any atom is 0.420 e. The number of carbonyl (C=O) groups excluding carboxylic acids is 2. The van der Waals surface area contributed by atoms with Gasteiger partial charge in [0.05, 0.1) is 6.04 Å². The Balaban J connectivity index is 1.36. The fourth-order valence-electron chi connectivity index (χ4n) is 7.15. The molecule has 4 bridgehead atoms. The molecule has 0 spiro atoms. The van der Waals surface area contributed by atoms with E-state index >= 15 is 0 Å². The van der Waals surface area contributed by atoms with Crippen LogP contribution in [0.5, 0.6) is 5.75 Å². The number of rotatable bonds is 4. The molecule has 0 unspecified atom stereocenters. The fraction of sp³-hybridized carbons (Fsp3) is 0.680. The van der Waals surface area contributed by atoms with E-state index in [0.717, 1.165) is 37.5 Å². The quantitative estimate of drug-likeness (QED) is 0.638. The number of alkyl halides is 3. The summed E-state index contributed by atoms with van der Waals surface area (Å²) >= 11 is 0. The molecular formula is C25H31F3N2O3. The van der Waals surface area contributed by atoms with Gasteiger partial charge in [0.1, 0.15) is 16.9 Å². The van der Waals surface area contributed by atoms with E-state index in [1.807, 2.05) is 0 Å². The van der Waals surface area contributed by atoms with Crippen molar-refractivity contribution in [3.8, 4) is 5.75 Å². The van der Waals surface area contributed by atoms with Crippen molar-refractivity contribution in [2.24, 2.45) is 23.7 Å². The Hall–Kier alpha value is -2.25. The summed E-state index contributed by atoms with van der Waals surface area (Å²) in [5, 5.41) is 3.08. The highest BCUT2D eigenvalue weighted by Crippen LogP contribution is 2.57. The monoisotopic (exact) mass is 464 g/mol. The maximum atomic E-state index is 13.7. The van der Waals surface area contributed by atoms with E-state index in [0.29, 0.717) is 17.4 Å². The highest BCUT2D eigenvalue weighted by atomic mass is 19.4. The van der Waals surface area contributed by atoms with Crippen LogP contribution in [0.15, 0.2) is 12.1 Å². The van der Waals surface area contributed by atoms with Crippen LogP contribution < -0.4 is 4.74 Å². The fourth-order valence-corrected chi connectivity index (χ4v) is 7.15. The topological polar surface area (TPSA) is 49.9 Å². The molecule has 5 nitrogen and oxygen atoms in total. The van der Waals surface area contributed by atoms with Crippen LogP contribution in [0, 0.1) is 37.5 Å². The Morgan fingerprint density at radius 2 is 1.64 bits per heavy atom. The van der Waals surface area contributed by atoms with Crippen LogP contribution in [0.1, 0.15) is 62.6 Å². The van der Waals surface area contributed by atoms with Crippen LogP contribution in [0.4, 0.5) is 13.2 Å². The van der Waals surface area contributed by atoms with Crippen molar-refractivity contribution < 1.29 is 27.5 Å². The van der Waals surface area contributed by atoms with Crippen molar-refractivity contribution in [2.45, 2.75) is 77.6 Å². The lowest BCUT2D eigenvalue weighted by Crippen LogP contribution is -2.81. The molecule has 8 heteroatoms. The summed E-state index contributed by atoms with van der Waals surface area (Å²) in [6.07, 6.45) is 1.08. The highest BCUT2D eigenvalue weighted by Gasteiger charge is 2.62. The van der Waals surface area contributed by atoms with Gasteiger partial charge in [-0.05, 0) is 101 Å². The second kappa shape index (κ2) is 7.37. The second-order valence-corrected chi connectivity index (χ2v) is 11.0. The van der Waals surface area contributed by atoms with E-state index in [1.54, 1.807) is 31.8 Å². The molecule has 1 aromatic rings. The van der Waals surface area contributed by atoms with Gasteiger partial charge < -0.3 is 4.74 Å². The average molecular weight is 465 g/mol. The molecule has 33 heavy (non-hydrogen) atoms. The Bertz CT molecular complexity index is 975. The summed E-state index contributed by atoms with van der Waals surface area (Å²) in [5.74, 6) is 1.32. The number of nitrogens with zero attached hydrogens (tertiary/aromatic N) is 2. The zero-order valence-electron chi connectivity index (χ0n) is 19.5. The number of hydrazine groups is 1. The molecule has 5 fully saturated rings. The third-order valence-corrected chi connectivity index (χ3v) is 8.50. The molecule has 4 saturated carbocycles. The van der Waals surface area contributed by atoms with Crippen molar-refractivity contribution in [3.63, 3.8) is 0 Å². The van der Waals surface area contributed by atoms with Crippen LogP contribution >= 0.6 is 0 Å². The first-order chi connectivity index (χ1) is 15.4. The molecule has 1 heterocycles. The lowest BCUT2D eigenvalue weighted by atomic mass is 9.53. The standard InChI is InChI=1S/C25H31F3N2O3/c1-13-5-6-19(21(14(13)2)25(26,27)28)33-12-20(31)30-24(3,4)23(32)29(30)22-17-8-15-7-16(10-17)11-18(22)9-15/h5-6,15-18,22H,7-12H2,1-4H3. The Morgan fingerprint density at radius 3 is 2.18 bits per heavy atom. The van der Waals surface area contributed by atoms with Gasteiger partial charge >= 0.3 is 6.18 Å². The molecule has 6 rings (SSSR count). The number of ether oxygens (including phenoxy) is 1. The van der Waals surface area contributed by atoms with Crippen molar-refractivity contribution in [1.29, 1.82) is 0 Å². The molecule has 5 aliphatic rings. The third kappa shape index (κ3) is 3.43. The number of benzene rings is 1. The van der Waals surface area contributed by atoms with E-state index in [9.17, 15) is 22.8 Å². The number of amides is 2. The van der Waals surface area contributed by atoms with E-state index in [4.69, 9.17) is 4.74 Å². The zero-order valence-corrected chi connectivity index (χ0v) is 19.5. The summed E-state index contributed by atoms with van der Waals surface area (Å²) in [5.41, 5.74) is -1.29. The molecule has 1 aromatic carbocycles. The third-order valence-electron chi connectivity index (χ3n) is 8.50. The van der Waals surface area contributed by atoms with Crippen LogP contribution in [-0.4, -0.2) is 40.0 Å². The molecular weight excluding hydrogens is 433 g/mol. The largest absolute Gasteiger partial charge is 0.483 e. The van der Waals surface area contributed by atoms with E-state index < -0.39 is 29.8 Å². The second-order valence-electron chi connectivity index (χ2n) is 11.0. The van der Waals surface area contributed by atoms with E-state index in [-0.39, 0.29) is 23.3 Å². The minimum absolute atomic E-state index is 0.00892. The molecule has 0 atom stereocenters. The van der Waals surface area contributed by atoms with Crippen molar-refractivity contribution in [1.82, 2.24) is 10.0 Å². The van der Waals surface area contributed by atoms with E-state index in [2.05, 4.69) is 0 Å². The summed E-state index contributed by atoms with van der Waals surface area (Å²) in [6, 6.07) is 2.83. The number of halogens is 3. The van der Waals surface area contributed by atoms with Gasteiger partial charge in [-0.1, -0.05) is 6.07 Å². The van der Waals surface area contributed by atoms with Crippen molar-refractivity contribution >= 4 is 11.8 Å². The Kier molecular flexibility index (Phi) is 5.04. The minimum atomic E-state index is -4.59. The first-order valence-corrected chi connectivity index (χ1v) is 11.9. The first-order valence-electron chi connectivity index (χ1n) is 11.9. The van der Waals surface area contributed by atoms with Crippen LogP contribution in [0.2, 0.25) is 0 Å². The lowest BCUT2D eigenvalue weighted by Gasteiger charge is -2.64. The average Bonchev–Trinajstić information content (AvgIpc) is 2.71. The summed E-state index contributed by atoms with van der Waals surface area (Å²) in [6.45, 7) is 5.84. The van der Waals surface area contributed by atoms with Crippen LogP contribution in [-0.2, 0) is 15.8 Å². The van der Waals surface area contributed by atoms with Gasteiger partial charge in [0.2, 0.25) is 0 Å². The van der Waals surface area contributed by atoms with Gasteiger partial charge in [-0.15, -0.1) is 0 Å². The number of hydrogen-bond donors (Lipinski definition) is 0. The minimum Gasteiger partial charge on any atom is -0.483 e. The zero-order chi connectivity index (χ0) is 23.9. The van der Waals surface area contributed by atoms with Crippen LogP contribution in [0.3, 0.4) is 0 Å². The van der Waals surface area contributed by atoms with Gasteiger partial charge in [-0.25, -0.2) is 10.0 Å². The molecule has 1 aliphatic heterocycles. The SMILES string of the molecule is Cc1ccc(OCC(=O)N2N(C3C4CC5CC(C4)CC3C5)C(=O)C2(C)C)c(C(F)(F)F)c1C. The number of hydrogen-bond acceptors (Lipinski definition) is 3. The van der Waals surface area contributed by atoms with Gasteiger partial charge in [-0.3, -0.25) is 9.59 Å². The number of aryl methyl sites for hydroxylation is 1. The predicted molar refractivity (Wildman–Crippen MR) is 115 cm³/mol. The normalized spacial score (nSPS) is 32.2. The molecule has 2 amide bonds. The Morgan fingerprint density at radius 1 is 1.06 bits per heavy atom. The smallest absolute Gasteiger partial charge is 0.420 e. The van der Waals surface area contributed by atoms with Gasteiger partial charge in [0.25, 0.3) is 11.8 Å². The van der Waals surface area contributed by atoms with Crippen molar-refractivity contribution in [3.05, 3.63) is 28.8 Å². The maximum absolute atomic E-state index is 13.7. The van der Waals surface area contributed by atoms with Crippen LogP contribution in [0.25, 0.3) is 0 Å². The Labute approximate surface area is 192 Å². The first kappa shape index (κ1) is 22.5. The summed E-state index contributed by atoms with van der Waals surface area (Å²) < 4.78 is 46.5. The highest BCUT2D eigenvalue weighted by molar-refractivity contribution is 5.98. The summed E-state index contributed by atoms with van der Waals surface area (Å²) in [7, 11) is 0. The number of carbonyl (C=O) groups is 2. The molecule has 4 aliphatic carbocycles. The van der Waals surface area contributed by atoms with Gasteiger partial charge in [0.15, 0.2) is 6.61 Å². The van der Waals surface area contributed by atoms with Gasteiger partial charge in [0, 0.05) is 0 Å². The lowest BCUT2D eigenvalue weighted by molar-refractivity contribution is -0.244. The molecule has 0 N–H and O–H groups in total. The molecule has 180 valence electrons. The summed E-state index contributed by atoms with van der Waals surface area (Å²) in [4.78, 5) is 26.4. The molecule has 0 aromatic heterocycles. The predicted octanol–water partition coefficient (Wildman–Crippen LogP) is 4.89. The van der Waals surface area contributed by atoms with Crippen molar-refractivity contribution in [2.75, 3.05) is 6.61 Å².